The SMILES string of the molecule is CC(Sc1nccs1)C(=O)N1CCCC1c1cccs1. The molecular weight excluding hydrogens is 308 g/mol. The van der Waals surface area contributed by atoms with Gasteiger partial charge in [-0.1, -0.05) is 17.8 Å². The Morgan fingerprint density at radius 2 is 2.40 bits per heavy atom. The van der Waals surface area contributed by atoms with Crippen molar-refractivity contribution in [2.45, 2.75) is 35.4 Å². The largest absolute Gasteiger partial charge is 0.334 e. The first-order valence-electron chi connectivity index (χ1n) is 6.66. The van der Waals surface area contributed by atoms with Crippen LogP contribution in [0.25, 0.3) is 0 Å². The summed E-state index contributed by atoms with van der Waals surface area (Å²) in [7, 11) is 0. The number of hydrogen-bond acceptors (Lipinski definition) is 5. The molecule has 0 spiro atoms. The summed E-state index contributed by atoms with van der Waals surface area (Å²) in [6.45, 7) is 2.86. The van der Waals surface area contributed by atoms with Gasteiger partial charge in [-0.05, 0) is 31.2 Å². The van der Waals surface area contributed by atoms with E-state index in [0.29, 0.717) is 0 Å². The molecular formula is C14H16N2OS3. The van der Waals surface area contributed by atoms with E-state index in [2.05, 4.69) is 27.4 Å². The third-order valence-corrected chi connectivity index (χ3v) is 6.42. The number of nitrogens with zero attached hydrogens (tertiary/aromatic N) is 2. The quantitative estimate of drug-likeness (QED) is 0.796. The van der Waals surface area contributed by atoms with Crippen LogP contribution in [0.2, 0.25) is 0 Å². The molecule has 3 rings (SSSR count). The Morgan fingerprint density at radius 3 is 3.10 bits per heavy atom. The van der Waals surface area contributed by atoms with Crippen LogP contribution in [0.1, 0.15) is 30.7 Å². The average Bonchev–Trinajstić information content (AvgIpc) is 3.18. The number of thiazole rings is 1. The van der Waals surface area contributed by atoms with E-state index in [1.165, 1.54) is 4.88 Å². The van der Waals surface area contributed by atoms with E-state index in [1.807, 2.05) is 12.3 Å². The van der Waals surface area contributed by atoms with Crippen molar-refractivity contribution in [3.8, 4) is 0 Å². The summed E-state index contributed by atoms with van der Waals surface area (Å²) in [5, 5.41) is 3.97. The van der Waals surface area contributed by atoms with Gasteiger partial charge in [-0.25, -0.2) is 4.98 Å². The highest BCUT2D eigenvalue weighted by atomic mass is 32.2. The summed E-state index contributed by atoms with van der Waals surface area (Å²) in [6, 6.07) is 4.48. The first kappa shape index (κ1) is 14.1. The van der Waals surface area contributed by atoms with Gasteiger partial charge in [0.2, 0.25) is 5.91 Å². The van der Waals surface area contributed by atoms with Crippen LogP contribution >= 0.6 is 34.4 Å². The number of amides is 1. The Hall–Kier alpha value is -0.850. The number of hydrogen-bond donors (Lipinski definition) is 0. The highest BCUT2D eigenvalue weighted by molar-refractivity contribution is 8.02. The van der Waals surface area contributed by atoms with E-state index in [9.17, 15) is 4.79 Å². The van der Waals surface area contributed by atoms with Crippen molar-refractivity contribution in [3.63, 3.8) is 0 Å². The molecule has 20 heavy (non-hydrogen) atoms. The van der Waals surface area contributed by atoms with E-state index in [1.54, 1.807) is 40.6 Å². The van der Waals surface area contributed by atoms with Crippen LogP contribution in [0.4, 0.5) is 0 Å². The lowest BCUT2D eigenvalue weighted by atomic mass is 10.2. The second-order valence-corrected chi connectivity index (χ2v) is 8.22. The number of thiophene rings is 1. The zero-order chi connectivity index (χ0) is 13.9. The van der Waals surface area contributed by atoms with Crippen molar-refractivity contribution in [2.75, 3.05) is 6.54 Å². The second-order valence-electron chi connectivity index (χ2n) is 4.76. The Balaban J connectivity index is 1.69. The van der Waals surface area contributed by atoms with Gasteiger partial charge in [0.1, 0.15) is 0 Å². The molecule has 1 saturated heterocycles. The number of carbonyl (C=O) groups excluding carboxylic acids is 1. The zero-order valence-electron chi connectivity index (χ0n) is 11.2. The zero-order valence-corrected chi connectivity index (χ0v) is 13.6. The second kappa shape index (κ2) is 6.28. The van der Waals surface area contributed by atoms with Gasteiger partial charge < -0.3 is 4.90 Å². The minimum absolute atomic E-state index is 0.0679. The van der Waals surface area contributed by atoms with Crippen molar-refractivity contribution < 1.29 is 4.79 Å². The molecule has 1 aliphatic heterocycles. The van der Waals surface area contributed by atoms with Crippen LogP contribution < -0.4 is 0 Å². The monoisotopic (exact) mass is 324 g/mol. The molecule has 1 fully saturated rings. The van der Waals surface area contributed by atoms with Crippen LogP contribution in [0.5, 0.6) is 0 Å². The van der Waals surface area contributed by atoms with Crippen LogP contribution in [0, 0.1) is 0 Å². The van der Waals surface area contributed by atoms with Crippen molar-refractivity contribution in [1.29, 1.82) is 0 Å². The molecule has 2 atom stereocenters. The van der Waals surface area contributed by atoms with Crippen LogP contribution in [0.15, 0.2) is 33.4 Å². The molecule has 0 radical (unpaired) electrons. The molecule has 2 unspecified atom stereocenters. The highest BCUT2D eigenvalue weighted by Gasteiger charge is 2.33. The van der Waals surface area contributed by atoms with Crippen molar-refractivity contribution in [3.05, 3.63) is 34.0 Å². The maximum atomic E-state index is 12.7. The van der Waals surface area contributed by atoms with E-state index in [4.69, 9.17) is 0 Å². The topological polar surface area (TPSA) is 33.2 Å². The van der Waals surface area contributed by atoms with Gasteiger partial charge in [0.05, 0.1) is 11.3 Å². The summed E-state index contributed by atoms with van der Waals surface area (Å²) in [5.74, 6) is 0.237. The molecule has 0 bridgehead atoms. The van der Waals surface area contributed by atoms with Gasteiger partial charge >= 0.3 is 0 Å². The standard InChI is InChI=1S/C14H16N2OS3/c1-10(20-14-15-6-9-19-14)13(17)16-7-2-4-11(16)12-5-3-8-18-12/h3,5-6,8-11H,2,4,7H2,1H3. The molecule has 106 valence electrons. The lowest BCUT2D eigenvalue weighted by molar-refractivity contribution is -0.131. The first-order chi connectivity index (χ1) is 9.75. The number of thioether (sulfide) groups is 1. The van der Waals surface area contributed by atoms with Crippen LogP contribution in [-0.4, -0.2) is 27.6 Å². The number of carbonyl (C=O) groups is 1. The Kier molecular flexibility index (Phi) is 4.43. The third-order valence-electron chi connectivity index (χ3n) is 3.44. The lowest BCUT2D eigenvalue weighted by Gasteiger charge is -2.26. The molecule has 1 amide bonds. The Morgan fingerprint density at radius 1 is 1.50 bits per heavy atom. The minimum Gasteiger partial charge on any atom is -0.334 e. The summed E-state index contributed by atoms with van der Waals surface area (Å²) in [6.07, 6.45) is 3.97. The molecule has 6 heteroatoms. The molecule has 3 nitrogen and oxygen atoms in total. The molecule has 0 aromatic carbocycles. The normalized spacial score (nSPS) is 20.2. The van der Waals surface area contributed by atoms with E-state index in [-0.39, 0.29) is 17.2 Å². The van der Waals surface area contributed by atoms with Gasteiger partial charge in [-0.15, -0.1) is 22.7 Å². The smallest absolute Gasteiger partial charge is 0.236 e. The van der Waals surface area contributed by atoms with E-state index in [0.717, 1.165) is 23.7 Å². The summed E-state index contributed by atoms with van der Waals surface area (Å²) in [4.78, 5) is 20.3. The number of rotatable bonds is 4. The van der Waals surface area contributed by atoms with Gasteiger partial charge in [-0.3, -0.25) is 4.79 Å². The molecule has 2 aromatic rings. The van der Waals surface area contributed by atoms with E-state index >= 15 is 0 Å². The fraction of sp³-hybridized carbons (Fsp3) is 0.429. The van der Waals surface area contributed by atoms with Crippen molar-refractivity contribution in [2.24, 2.45) is 0 Å². The van der Waals surface area contributed by atoms with Gasteiger partial charge in [0.15, 0.2) is 4.34 Å². The van der Waals surface area contributed by atoms with E-state index < -0.39 is 0 Å². The average molecular weight is 324 g/mol. The first-order valence-corrected chi connectivity index (χ1v) is 9.29. The lowest BCUT2D eigenvalue weighted by Crippen LogP contribution is -2.35. The van der Waals surface area contributed by atoms with Crippen LogP contribution in [-0.2, 0) is 4.79 Å². The predicted molar refractivity (Wildman–Crippen MR) is 85.4 cm³/mol. The minimum atomic E-state index is -0.0679. The van der Waals surface area contributed by atoms with Gasteiger partial charge in [0, 0.05) is 23.0 Å². The predicted octanol–water partition coefficient (Wildman–Crippen LogP) is 4.05. The fourth-order valence-corrected chi connectivity index (χ4v) is 5.23. The molecule has 1 aliphatic rings. The number of aromatic nitrogens is 1. The summed E-state index contributed by atoms with van der Waals surface area (Å²) < 4.78 is 0.970. The Labute approximate surface area is 131 Å². The maximum Gasteiger partial charge on any atom is 0.236 e. The number of likely N-dealkylation sites (tertiary alicyclic amines) is 1. The highest BCUT2D eigenvalue weighted by Crippen LogP contribution is 2.36. The van der Waals surface area contributed by atoms with Crippen molar-refractivity contribution in [1.82, 2.24) is 9.88 Å². The van der Waals surface area contributed by atoms with Gasteiger partial charge in [-0.2, -0.15) is 0 Å². The molecule has 0 aliphatic carbocycles. The third kappa shape index (κ3) is 2.92. The molecule has 0 N–H and O–H groups in total. The summed E-state index contributed by atoms with van der Waals surface area (Å²) >= 11 is 4.90. The maximum absolute atomic E-state index is 12.7. The molecule has 2 aromatic heterocycles. The molecule has 3 heterocycles. The van der Waals surface area contributed by atoms with Crippen molar-refractivity contribution >= 4 is 40.3 Å². The fourth-order valence-electron chi connectivity index (χ4n) is 2.51. The van der Waals surface area contributed by atoms with Gasteiger partial charge in [0.25, 0.3) is 0 Å². The summed E-state index contributed by atoms with van der Waals surface area (Å²) in [5.41, 5.74) is 0. The Bertz CT molecular complexity index is 553. The molecule has 0 saturated carbocycles. The van der Waals surface area contributed by atoms with Crippen LogP contribution in [0.3, 0.4) is 0 Å².